The number of phenols is 1. The van der Waals surface area contributed by atoms with E-state index in [1.165, 1.54) is 29.2 Å². The molecule has 3 aromatic rings. The number of rotatable bonds is 17. The first-order valence-electron chi connectivity index (χ1n) is 24.2. The number of hydrogen-bond acceptors (Lipinski definition) is 15. The molecule has 11 amide bonds. The van der Waals surface area contributed by atoms with Crippen molar-refractivity contribution < 1.29 is 57.8 Å². The molecule has 2 aliphatic heterocycles. The van der Waals surface area contributed by atoms with Crippen molar-refractivity contribution >= 4 is 97.5 Å². The molecule has 2 saturated heterocycles. The molecular weight excluding hydrogens is 1010 g/mol. The molecule has 75 heavy (non-hydrogen) atoms. The van der Waals surface area contributed by atoms with Crippen molar-refractivity contribution in [3.8, 4) is 5.75 Å². The molecule has 3 heterocycles. The highest BCUT2D eigenvalue weighted by Crippen LogP contribution is 2.26. The van der Waals surface area contributed by atoms with E-state index in [9.17, 15) is 57.8 Å². The molecular formula is C48H65N13O12S2. The van der Waals surface area contributed by atoms with Crippen molar-refractivity contribution in [2.75, 3.05) is 24.6 Å². The van der Waals surface area contributed by atoms with E-state index in [-0.39, 0.29) is 43.1 Å². The summed E-state index contributed by atoms with van der Waals surface area (Å²) >= 11 is 0. The number of likely N-dealkylation sites (tertiary alicyclic amines) is 1. The summed E-state index contributed by atoms with van der Waals surface area (Å²) in [5.74, 6) is -10.5. The first-order valence-corrected chi connectivity index (χ1v) is 26.7. The second-order valence-corrected chi connectivity index (χ2v) is 20.9. The average Bonchev–Trinajstić information content (AvgIpc) is 4.04. The molecule has 1 unspecified atom stereocenters. The first kappa shape index (κ1) is 58.5. The van der Waals surface area contributed by atoms with Crippen molar-refractivity contribution in [2.24, 2.45) is 28.9 Å². The van der Waals surface area contributed by atoms with Crippen molar-refractivity contribution in [3.05, 3.63) is 65.9 Å². The van der Waals surface area contributed by atoms with Gasteiger partial charge in [0.05, 0.1) is 19.0 Å². The predicted molar refractivity (Wildman–Crippen MR) is 277 cm³/mol. The van der Waals surface area contributed by atoms with Gasteiger partial charge in [-0.1, -0.05) is 72.2 Å². The highest BCUT2D eigenvalue weighted by atomic mass is 33.1. The lowest BCUT2D eigenvalue weighted by Gasteiger charge is -2.31. The Morgan fingerprint density at radius 3 is 2.12 bits per heavy atom. The summed E-state index contributed by atoms with van der Waals surface area (Å²) in [6, 6.07) is 1.91. The van der Waals surface area contributed by atoms with Crippen LogP contribution in [-0.4, -0.2) is 153 Å². The fraction of sp³-hybridized carbons (Fsp3) is 0.479. The fourth-order valence-electron chi connectivity index (χ4n) is 8.37. The lowest BCUT2D eigenvalue weighted by molar-refractivity contribution is -0.142. The summed E-state index contributed by atoms with van der Waals surface area (Å²) in [6.45, 7) is 2.90. The highest BCUT2D eigenvalue weighted by molar-refractivity contribution is 8.76. The Morgan fingerprint density at radius 1 is 0.787 bits per heavy atom. The van der Waals surface area contributed by atoms with E-state index in [1.54, 1.807) is 26.1 Å². The van der Waals surface area contributed by atoms with E-state index in [1.807, 2.05) is 18.2 Å². The van der Waals surface area contributed by atoms with Gasteiger partial charge in [0.25, 0.3) is 0 Å². The molecule has 5 rings (SSSR count). The van der Waals surface area contributed by atoms with Gasteiger partial charge in [-0.2, -0.15) is 0 Å². The minimum Gasteiger partial charge on any atom is -0.508 e. The van der Waals surface area contributed by atoms with Crippen LogP contribution in [0.4, 0.5) is 0 Å². The summed E-state index contributed by atoms with van der Waals surface area (Å²) in [6.07, 6.45) is 0.672. The van der Waals surface area contributed by atoms with Gasteiger partial charge in [0.15, 0.2) is 0 Å². The number of amides is 11. The van der Waals surface area contributed by atoms with Gasteiger partial charge in [-0.25, -0.2) is 0 Å². The second-order valence-electron chi connectivity index (χ2n) is 18.3. The van der Waals surface area contributed by atoms with Gasteiger partial charge in [-0.15, -0.1) is 0 Å². The van der Waals surface area contributed by atoms with Gasteiger partial charge in [-0.05, 0) is 54.5 Å². The van der Waals surface area contributed by atoms with Crippen LogP contribution in [0.2, 0.25) is 0 Å². The molecule has 0 aliphatic carbocycles. The minimum absolute atomic E-state index is 0.0202. The number of aromatic nitrogens is 1. The number of para-hydroxylation sites is 1. The van der Waals surface area contributed by atoms with E-state index in [0.29, 0.717) is 24.0 Å². The molecule has 2 aromatic carbocycles. The molecule has 17 N–H and O–H groups in total. The number of carbonyl (C=O) groups excluding carboxylic acids is 11. The quantitative estimate of drug-likeness (QED) is 0.0602. The Morgan fingerprint density at radius 2 is 1.44 bits per heavy atom. The van der Waals surface area contributed by atoms with Gasteiger partial charge in [0, 0.05) is 54.4 Å². The monoisotopic (exact) mass is 1080 g/mol. The van der Waals surface area contributed by atoms with Crippen molar-refractivity contribution in [1.29, 1.82) is 0 Å². The second kappa shape index (κ2) is 27.8. The van der Waals surface area contributed by atoms with Crippen molar-refractivity contribution in [1.82, 2.24) is 47.1 Å². The largest absolute Gasteiger partial charge is 0.508 e. The molecule has 9 atom stereocenters. The van der Waals surface area contributed by atoms with Crippen molar-refractivity contribution in [2.45, 2.75) is 114 Å². The molecule has 2 fully saturated rings. The van der Waals surface area contributed by atoms with E-state index < -0.39 is 145 Å². The van der Waals surface area contributed by atoms with Crippen LogP contribution in [0.5, 0.6) is 5.75 Å². The van der Waals surface area contributed by atoms with E-state index >= 15 is 0 Å². The predicted octanol–water partition coefficient (Wildman–Crippen LogP) is -2.93. The first-order chi connectivity index (χ1) is 35.6. The number of benzene rings is 2. The van der Waals surface area contributed by atoms with Gasteiger partial charge < -0.3 is 75.1 Å². The number of carbonyl (C=O) groups is 11. The number of hydrogen-bond donors (Lipinski definition) is 13. The Balaban J connectivity index is 1.46. The van der Waals surface area contributed by atoms with Gasteiger partial charge >= 0.3 is 0 Å². The van der Waals surface area contributed by atoms with E-state index in [0.717, 1.165) is 32.5 Å². The molecule has 25 nitrogen and oxygen atoms in total. The summed E-state index contributed by atoms with van der Waals surface area (Å²) in [5.41, 5.74) is 24.6. The number of aromatic amines is 1. The molecule has 0 bridgehead atoms. The standard InChI is InChI=1S/C48H65N13O12S2/c1-3-24(2)40-47(72)55-31(14-15-37(50)63)43(68)57-34(19-38(51)64)44(69)59-35(23-75-74-22-29(49)41(66)56-32(45(70)60-40)17-25-10-12-27(62)13-11-25)48(73)61-16-6-9-36(61)46(71)58-33(42(67)54-21-39(52)65)18-26-20-53-30-8-5-4-7-28(26)30/h4-5,7-8,10-13,20,24,29,31-36,40,53,62H,3,6,9,14-19,21-23,49H2,1-2H3,(H2,50,63)(H2,51,64)(H2,52,65)(H,54,67)(H,55,72)(H,56,66)(H,57,68)(H,58,71)(H,59,69)(H,60,70)/t24-,29-,31?,32-,33-,34-,35-,36-,40-/m0/s1. The molecule has 0 spiro atoms. The third kappa shape index (κ3) is 17.1. The van der Waals surface area contributed by atoms with Crippen LogP contribution in [0, 0.1) is 5.92 Å². The van der Waals surface area contributed by atoms with Crippen LogP contribution in [0.3, 0.4) is 0 Å². The zero-order chi connectivity index (χ0) is 54.9. The van der Waals surface area contributed by atoms with Crippen LogP contribution in [0.15, 0.2) is 54.7 Å². The maximum absolute atomic E-state index is 14.7. The van der Waals surface area contributed by atoms with Gasteiger partial charge in [0.2, 0.25) is 65.0 Å². The lowest BCUT2D eigenvalue weighted by atomic mass is 9.96. The number of nitrogens with two attached hydrogens (primary N) is 4. The van der Waals surface area contributed by atoms with Gasteiger partial charge in [-0.3, -0.25) is 52.7 Å². The number of aromatic hydroxyl groups is 1. The zero-order valence-corrected chi connectivity index (χ0v) is 43.0. The van der Waals surface area contributed by atoms with Crippen LogP contribution in [0.25, 0.3) is 10.9 Å². The fourth-order valence-corrected chi connectivity index (χ4v) is 10.6. The third-order valence-corrected chi connectivity index (χ3v) is 15.1. The number of H-pyrrole nitrogens is 1. The molecule has 2 aliphatic rings. The van der Waals surface area contributed by atoms with Crippen LogP contribution < -0.4 is 60.2 Å². The van der Waals surface area contributed by atoms with E-state index in [4.69, 9.17) is 22.9 Å². The maximum Gasteiger partial charge on any atom is 0.246 e. The van der Waals surface area contributed by atoms with Gasteiger partial charge in [0.1, 0.15) is 48.0 Å². The number of nitrogens with zero attached hydrogens (tertiary/aromatic N) is 1. The third-order valence-electron chi connectivity index (χ3n) is 12.7. The average molecular weight is 1080 g/mol. The maximum atomic E-state index is 14.7. The van der Waals surface area contributed by atoms with E-state index in [2.05, 4.69) is 42.2 Å². The molecule has 0 radical (unpaired) electrons. The Kier molecular flexibility index (Phi) is 21.7. The number of nitrogens with one attached hydrogen (secondary N) is 8. The molecule has 27 heteroatoms. The summed E-state index contributed by atoms with van der Waals surface area (Å²) in [5, 5.41) is 28.7. The molecule has 1 aromatic heterocycles. The SMILES string of the molecule is CC[C@H](C)[C@@H]1NC(=O)[C@H](Cc2ccc(O)cc2)NC(=O)[C@@H](N)CSSC[C@@H](C(=O)N2CCC[C@H]2C(=O)N[C@@H](Cc2c[nH]c3ccccc23)C(=O)NCC(N)=O)NC(=O)[C@H](CC(N)=O)NC(=O)C(CCC(N)=O)NC1=O. The lowest BCUT2D eigenvalue weighted by Crippen LogP contribution is -2.61. The number of phenolic OH excluding ortho intramolecular Hbond substituents is 1. The molecule has 0 saturated carbocycles. The highest BCUT2D eigenvalue weighted by Gasteiger charge is 2.41. The normalized spacial score (nSPS) is 23.3. The van der Waals surface area contributed by atoms with Crippen LogP contribution >= 0.6 is 21.6 Å². The number of fused-ring (bicyclic) bond motifs is 1. The van der Waals surface area contributed by atoms with Crippen LogP contribution in [0.1, 0.15) is 63.5 Å². The topological polar surface area (TPSA) is 415 Å². The smallest absolute Gasteiger partial charge is 0.246 e. The summed E-state index contributed by atoms with van der Waals surface area (Å²) < 4.78 is 0. The minimum atomic E-state index is -1.77. The summed E-state index contributed by atoms with van der Waals surface area (Å²) in [4.78, 5) is 153. The number of primary amides is 3. The molecule has 406 valence electrons. The summed E-state index contributed by atoms with van der Waals surface area (Å²) in [7, 11) is 2.03. The van der Waals surface area contributed by atoms with Crippen LogP contribution in [-0.2, 0) is 65.6 Å². The zero-order valence-electron chi connectivity index (χ0n) is 41.4. The van der Waals surface area contributed by atoms with Crippen molar-refractivity contribution in [3.63, 3.8) is 0 Å². The Bertz CT molecular complexity index is 2600. The Hall–Kier alpha value is -7.39. The Labute approximate surface area is 439 Å².